The SMILES string of the molecule is N#CCc1ccc(NC(=O)CSc2ccccc2F)cc1. The Morgan fingerprint density at radius 2 is 1.90 bits per heavy atom. The van der Waals surface area contributed by atoms with Crippen LogP contribution in [0.1, 0.15) is 5.56 Å². The lowest BCUT2D eigenvalue weighted by Crippen LogP contribution is -2.14. The van der Waals surface area contributed by atoms with Crippen molar-refractivity contribution in [3.63, 3.8) is 0 Å². The molecule has 1 amide bonds. The van der Waals surface area contributed by atoms with E-state index in [-0.39, 0.29) is 17.5 Å². The van der Waals surface area contributed by atoms with Crippen molar-refractivity contribution < 1.29 is 9.18 Å². The van der Waals surface area contributed by atoms with Gasteiger partial charge in [0.05, 0.1) is 18.2 Å². The Bertz CT molecular complexity index is 665. The van der Waals surface area contributed by atoms with Crippen molar-refractivity contribution in [2.75, 3.05) is 11.1 Å². The molecule has 21 heavy (non-hydrogen) atoms. The van der Waals surface area contributed by atoms with Crippen molar-refractivity contribution in [2.24, 2.45) is 0 Å². The molecule has 0 heterocycles. The number of nitrogens with zero attached hydrogens (tertiary/aromatic N) is 1. The van der Waals surface area contributed by atoms with E-state index in [1.165, 1.54) is 6.07 Å². The van der Waals surface area contributed by atoms with E-state index in [0.29, 0.717) is 17.0 Å². The maximum atomic E-state index is 13.4. The lowest BCUT2D eigenvalue weighted by molar-refractivity contribution is -0.113. The summed E-state index contributed by atoms with van der Waals surface area (Å²) in [5.41, 5.74) is 1.56. The van der Waals surface area contributed by atoms with Crippen LogP contribution in [0.15, 0.2) is 53.4 Å². The molecule has 106 valence electrons. The maximum absolute atomic E-state index is 13.4. The van der Waals surface area contributed by atoms with Gasteiger partial charge in [-0.3, -0.25) is 4.79 Å². The van der Waals surface area contributed by atoms with Gasteiger partial charge in [0, 0.05) is 10.6 Å². The Morgan fingerprint density at radius 1 is 1.19 bits per heavy atom. The minimum atomic E-state index is -0.323. The predicted molar refractivity (Wildman–Crippen MR) is 81.5 cm³/mol. The van der Waals surface area contributed by atoms with Crippen LogP contribution < -0.4 is 5.32 Å². The van der Waals surface area contributed by atoms with Crippen LogP contribution in [0, 0.1) is 17.1 Å². The van der Waals surface area contributed by atoms with E-state index in [0.717, 1.165) is 17.3 Å². The van der Waals surface area contributed by atoms with Gasteiger partial charge in [0.2, 0.25) is 5.91 Å². The molecule has 0 atom stereocenters. The first-order valence-corrected chi connectivity index (χ1v) is 7.30. The van der Waals surface area contributed by atoms with E-state index in [9.17, 15) is 9.18 Å². The molecule has 0 aromatic heterocycles. The van der Waals surface area contributed by atoms with Crippen LogP contribution in [0.4, 0.5) is 10.1 Å². The summed E-state index contributed by atoms with van der Waals surface area (Å²) in [6.45, 7) is 0. The van der Waals surface area contributed by atoms with Crippen LogP contribution in [0.5, 0.6) is 0 Å². The largest absolute Gasteiger partial charge is 0.325 e. The lowest BCUT2D eigenvalue weighted by atomic mass is 10.1. The highest BCUT2D eigenvalue weighted by Crippen LogP contribution is 2.21. The third-order valence-corrected chi connectivity index (χ3v) is 3.76. The first kappa shape index (κ1) is 15.1. The minimum Gasteiger partial charge on any atom is -0.325 e. The second-order valence-electron chi connectivity index (χ2n) is 4.30. The van der Waals surface area contributed by atoms with Crippen molar-refractivity contribution in [1.82, 2.24) is 0 Å². The lowest BCUT2D eigenvalue weighted by Gasteiger charge is -2.06. The molecule has 2 aromatic carbocycles. The van der Waals surface area contributed by atoms with Crippen LogP contribution in [0.25, 0.3) is 0 Å². The molecule has 0 aliphatic rings. The van der Waals surface area contributed by atoms with Crippen LogP contribution in [0.3, 0.4) is 0 Å². The van der Waals surface area contributed by atoms with Gasteiger partial charge < -0.3 is 5.32 Å². The molecule has 0 aliphatic heterocycles. The molecule has 0 spiro atoms. The number of carbonyl (C=O) groups excluding carboxylic acids is 1. The average molecular weight is 300 g/mol. The zero-order valence-corrected chi connectivity index (χ0v) is 12.0. The molecule has 0 saturated carbocycles. The Balaban J connectivity index is 1.87. The summed E-state index contributed by atoms with van der Waals surface area (Å²) in [6.07, 6.45) is 0.345. The molecule has 0 saturated heterocycles. The second kappa shape index (κ2) is 7.46. The fraction of sp³-hybridized carbons (Fsp3) is 0.125. The molecule has 0 fully saturated rings. The van der Waals surface area contributed by atoms with Gasteiger partial charge in [-0.05, 0) is 29.8 Å². The number of nitriles is 1. The molecule has 2 aromatic rings. The van der Waals surface area contributed by atoms with Gasteiger partial charge in [0.1, 0.15) is 5.82 Å². The Hall–Kier alpha value is -2.32. The zero-order chi connectivity index (χ0) is 15.1. The van der Waals surface area contributed by atoms with E-state index in [2.05, 4.69) is 11.4 Å². The van der Waals surface area contributed by atoms with Crippen LogP contribution in [0.2, 0.25) is 0 Å². The fourth-order valence-corrected chi connectivity index (χ4v) is 2.44. The van der Waals surface area contributed by atoms with Crippen molar-refractivity contribution in [3.8, 4) is 6.07 Å². The number of thioether (sulfide) groups is 1. The number of nitrogens with one attached hydrogen (secondary N) is 1. The van der Waals surface area contributed by atoms with Gasteiger partial charge >= 0.3 is 0 Å². The number of rotatable bonds is 5. The molecular formula is C16H13FN2OS. The normalized spacial score (nSPS) is 9.90. The topological polar surface area (TPSA) is 52.9 Å². The Kier molecular flexibility index (Phi) is 5.35. The van der Waals surface area contributed by atoms with Crippen molar-refractivity contribution >= 4 is 23.4 Å². The summed E-state index contributed by atoms with van der Waals surface area (Å²) in [5, 5.41) is 11.3. The highest BCUT2D eigenvalue weighted by Gasteiger charge is 2.06. The highest BCUT2D eigenvalue weighted by atomic mass is 32.2. The number of hydrogen-bond acceptors (Lipinski definition) is 3. The summed E-state index contributed by atoms with van der Waals surface area (Å²) in [5.74, 6) is -0.381. The molecule has 1 N–H and O–H groups in total. The number of hydrogen-bond donors (Lipinski definition) is 1. The summed E-state index contributed by atoms with van der Waals surface area (Å²) in [4.78, 5) is 12.3. The first-order valence-electron chi connectivity index (χ1n) is 6.32. The summed E-state index contributed by atoms with van der Waals surface area (Å²) < 4.78 is 13.4. The Labute approximate surface area is 126 Å². The van der Waals surface area contributed by atoms with Gasteiger partial charge in [0.25, 0.3) is 0 Å². The Morgan fingerprint density at radius 3 is 2.57 bits per heavy atom. The second-order valence-corrected chi connectivity index (χ2v) is 5.32. The fourth-order valence-electron chi connectivity index (χ4n) is 1.70. The summed E-state index contributed by atoms with van der Waals surface area (Å²) >= 11 is 1.16. The van der Waals surface area contributed by atoms with Crippen LogP contribution in [-0.2, 0) is 11.2 Å². The predicted octanol–water partition coefficient (Wildman–Crippen LogP) is 3.62. The van der Waals surface area contributed by atoms with Crippen LogP contribution >= 0.6 is 11.8 Å². The monoisotopic (exact) mass is 300 g/mol. The number of carbonyl (C=O) groups is 1. The zero-order valence-electron chi connectivity index (χ0n) is 11.2. The third-order valence-electron chi connectivity index (χ3n) is 2.72. The van der Waals surface area contributed by atoms with Gasteiger partial charge in [-0.25, -0.2) is 4.39 Å². The van der Waals surface area contributed by atoms with Gasteiger partial charge in [-0.2, -0.15) is 5.26 Å². The first-order chi connectivity index (χ1) is 10.2. The molecule has 5 heteroatoms. The number of anilines is 1. The van der Waals surface area contributed by atoms with E-state index in [4.69, 9.17) is 5.26 Å². The van der Waals surface area contributed by atoms with E-state index < -0.39 is 0 Å². The molecule has 0 unspecified atom stereocenters. The average Bonchev–Trinajstić information content (AvgIpc) is 2.49. The molecule has 3 nitrogen and oxygen atoms in total. The highest BCUT2D eigenvalue weighted by molar-refractivity contribution is 8.00. The third kappa shape index (κ3) is 4.62. The standard InChI is InChI=1S/C16H13FN2OS/c17-14-3-1-2-4-15(14)21-11-16(20)19-13-7-5-12(6-8-13)9-10-18/h1-8H,9,11H2,(H,19,20). The van der Waals surface area contributed by atoms with Gasteiger partial charge in [-0.1, -0.05) is 24.3 Å². The summed E-state index contributed by atoms with van der Waals surface area (Å²) in [6, 6.07) is 15.5. The van der Waals surface area contributed by atoms with Gasteiger partial charge in [-0.15, -0.1) is 11.8 Å². The van der Waals surface area contributed by atoms with Crippen LogP contribution in [-0.4, -0.2) is 11.7 Å². The van der Waals surface area contributed by atoms with Crippen molar-refractivity contribution in [2.45, 2.75) is 11.3 Å². The van der Waals surface area contributed by atoms with Crippen molar-refractivity contribution in [1.29, 1.82) is 5.26 Å². The number of benzene rings is 2. The molecule has 0 radical (unpaired) electrons. The number of amides is 1. The van der Waals surface area contributed by atoms with Crippen molar-refractivity contribution in [3.05, 3.63) is 59.9 Å². The van der Waals surface area contributed by atoms with Gasteiger partial charge in [0.15, 0.2) is 0 Å². The van der Waals surface area contributed by atoms with E-state index in [1.54, 1.807) is 42.5 Å². The van der Waals surface area contributed by atoms with E-state index in [1.807, 2.05) is 0 Å². The molecule has 0 bridgehead atoms. The quantitative estimate of drug-likeness (QED) is 0.858. The smallest absolute Gasteiger partial charge is 0.234 e. The summed E-state index contributed by atoms with van der Waals surface area (Å²) in [7, 11) is 0. The maximum Gasteiger partial charge on any atom is 0.234 e. The minimum absolute atomic E-state index is 0.140. The molecule has 0 aliphatic carbocycles. The molecule has 2 rings (SSSR count). The molecular weight excluding hydrogens is 287 g/mol. The number of halogens is 1. The van der Waals surface area contributed by atoms with E-state index >= 15 is 0 Å².